The van der Waals surface area contributed by atoms with Crippen molar-refractivity contribution in [1.82, 2.24) is 0 Å². The second kappa shape index (κ2) is 7.12. The topological polar surface area (TPSA) is 32.8 Å². The fourth-order valence-electron chi connectivity index (χ4n) is 3.83. The van der Waals surface area contributed by atoms with Crippen molar-refractivity contribution in [2.45, 2.75) is 5.60 Å². The minimum Gasteiger partial charge on any atom is -0.441 e. The molecule has 1 aliphatic rings. The highest BCUT2D eigenvalue weighted by molar-refractivity contribution is 6.31. The SMILES string of the molecule is CN(C)c1ccc(C2(c3ccc(N(C)C)cc3)OC(=O)c3cc(Cl)ccc32)cc1. The first-order valence-corrected chi connectivity index (χ1v) is 9.80. The molecule has 0 amide bonds. The number of hydrogen-bond donors (Lipinski definition) is 0. The second-order valence-corrected chi connectivity index (χ2v) is 8.08. The fraction of sp³-hybridized carbons (Fsp3) is 0.208. The molecule has 5 heteroatoms. The van der Waals surface area contributed by atoms with E-state index in [4.69, 9.17) is 16.3 Å². The maximum absolute atomic E-state index is 12.8. The first-order chi connectivity index (χ1) is 13.8. The maximum Gasteiger partial charge on any atom is 0.340 e. The lowest BCUT2D eigenvalue weighted by molar-refractivity contribution is 0.0251. The highest BCUT2D eigenvalue weighted by Gasteiger charge is 2.48. The Labute approximate surface area is 176 Å². The Morgan fingerprint density at radius 2 is 1.24 bits per heavy atom. The largest absolute Gasteiger partial charge is 0.441 e. The quantitative estimate of drug-likeness (QED) is 0.575. The Bertz CT molecular complexity index is 1010. The van der Waals surface area contributed by atoms with Crippen LogP contribution in [0.3, 0.4) is 0 Å². The fourth-order valence-corrected chi connectivity index (χ4v) is 4.00. The number of rotatable bonds is 4. The zero-order valence-electron chi connectivity index (χ0n) is 16.9. The molecule has 4 nitrogen and oxygen atoms in total. The van der Waals surface area contributed by atoms with Crippen LogP contribution in [0.15, 0.2) is 66.7 Å². The lowest BCUT2D eigenvalue weighted by Crippen LogP contribution is -2.29. The summed E-state index contributed by atoms with van der Waals surface area (Å²) < 4.78 is 6.12. The summed E-state index contributed by atoms with van der Waals surface area (Å²) in [5.41, 5.74) is 4.26. The summed E-state index contributed by atoms with van der Waals surface area (Å²) in [4.78, 5) is 16.9. The smallest absolute Gasteiger partial charge is 0.340 e. The van der Waals surface area contributed by atoms with Crippen molar-refractivity contribution >= 4 is 28.9 Å². The van der Waals surface area contributed by atoms with Crippen molar-refractivity contribution in [3.63, 3.8) is 0 Å². The van der Waals surface area contributed by atoms with E-state index in [0.29, 0.717) is 10.6 Å². The van der Waals surface area contributed by atoms with Gasteiger partial charge in [-0.1, -0.05) is 41.9 Å². The first kappa shape index (κ1) is 19.3. The van der Waals surface area contributed by atoms with Gasteiger partial charge in [0.25, 0.3) is 0 Å². The molecule has 0 aromatic heterocycles. The van der Waals surface area contributed by atoms with Crippen LogP contribution < -0.4 is 9.80 Å². The third-order valence-corrected chi connectivity index (χ3v) is 5.64. The van der Waals surface area contributed by atoms with E-state index in [-0.39, 0.29) is 5.97 Å². The number of carbonyl (C=O) groups excluding carboxylic acids is 1. The van der Waals surface area contributed by atoms with Crippen LogP contribution in [-0.2, 0) is 10.3 Å². The summed E-state index contributed by atoms with van der Waals surface area (Å²) >= 11 is 6.17. The van der Waals surface area contributed by atoms with Gasteiger partial charge in [0.1, 0.15) is 0 Å². The number of esters is 1. The molecule has 0 spiro atoms. The van der Waals surface area contributed by atoms with Crippen LogP contribution in [0, 0.1) is 0 Å². The molecule has 0 N–H and O–H groups in total. The highest BCUT2D eigenvalue weighted by Crippen LogP contribution is 2.48. The Balaban J connectivity index is 1.95. The van der Waals surface area contributed by atoms with Crippen molar-refractivity contribution in [3.8, 4) is 0 Å². The molecule has 4 rings (SSSR count). The average molecular weight is 407 g/mol. The molecule has 29 heavy (non-hydrogen) atoms. The molecule has 0 unspecified atom stereocenters. The number of nitrogens with zero attached hydrogens (tertiary/aromatic N) is 2. The van der Waals surface area contributed by atoms with Gasteiger partial charge >= 0.3 is 5.97 Å². The molecule has 0 saturated carbocycles. The van der Waals surface area contributed by atoms with Gasteiger partial charge in [0.2, 0.25) is 0 Å². The normalized spacial score (nSPS) is 14.3. The Hall–Kier alpha value is -2.98. The molecule has 0 atom stereocenters. The predicted octanol–water partition coefficient (Wildman–Crippen LogP) is 4.93. The van der Waals surface area contributed by atoms with E-state index >= 15 is 0 Å². The van der Waals surface area contributed by atoms with E-state index in [0.717, 1.165) is 28.1 Å². The van der Waals surface area contributed by atoms with Crippen molar-refractivity contribution in [2.75, 3.05) is 38.0 Å². The standard InChI is InChI=1S/C24H23ClN2O2/c1-26(2)19-10-5-16(6-11-19)24(17-7-12-20(13-8-17)27(3)4)22-14-9-18(25)15-21(22)23(28)29-24/h5-15H,1-4H3. The van der Waals surface area contributed by atoms with Crippen LogP contribution >= 0.6 is 11.6 Å². The van der Waals surface area contributed by atoms with Crippen molar-refractivity contribution in [2.24, 2.45) is 0 Å². The molecule has 0 aliphatic carbocycles. The van der Waals surface area contributed by atoms with Crippen LogP contribution in [0.25, 0.3) is 0 Å². The molecule has 0 fully saturated rings. The number of cyclic esters (lactones) is 1. The van der Waals surface area contributed by atoms with Gasteiger partial charge in [-0.2, -0.15) is 0 Å². The van der Waals surface area contributed by atoms with Gasteiger partial charge in [-0.25, -0.2) is 4.79 Å². The number of hydrogen-bond acceptors (Lipinski definition) is 4. The summed E-state index contributed by atoms with van der Waals surface area (Å²) in [6.45, 7) is 0. The van der Waals surface area contributed by atoms with Crippen LogP contribution in [0.5, 0.6) is 0 Å². The summed E-state index contributed by atoms with van der Waals surface area (Å²) in [6.07, 6.45) is 0. The van der Waals surface area contributed by atoms with E-state index in [1.165, 1.54) is 0 Å². The Morgan fingerprint density at radius 3 is 1.69 bits per heavy atom. The minimum absolute atomic E-state index is 0.365. The van der Waals surface area contributed by atoms with Crippen molar-refractivity contribution in [1.29, 1.82) is 0 Å². The molecule has 1 heterocycles. The summed E-state index contributed by atoms with van der Waals surface area (Å²) in [7, 11) is 7.99. The van der Waals surface area contributed by atoms with Gasteiger partial charge in [0, 0.05) is 61.3 Å². The number of halogens is 1. The van der Waals surface area contributed by atoms with E-state index < -0.39 is 5.60 Å². The second-order valence-electron chi connectivity index (χ2n) is 7.64. The summed E-state index contributed by atoms with van der Waals surface area (Å²) in [5.74, 6) is -0.365. The molecule has 0 bridgehead atoms. The van der Waals surface area contributed by atoms with Crippen LogP contribution in [0.4, 0.5) is 11.4 Å². The summed E-state index contributed by atoms with van der Waals surface area (Å²) in [5, 5.41) is 0.516. The third kappa shape index (κ3) is 3.14. The maximum atomic E-state index is 12.8. The molecule has 0 radical (unpaired) electrons. The molecule has 0 saturated heterocycles. The molecule has 1 aliphatic heterocycles. The number of benzene rings is 3. The van der Waals surface area contributed by atoms with Crippen LogP contribution in [0.1, 0.15) is 27.0 Å². The van der Waals surface area contributed by atoms with Gasteiger partial charge in [-0.15, -0.1) is 0 Å². The van der Waals surface area contributed by atoms with E-state index in [1.807, 2.05) is 92.6 Å². The van der Waals surface area contributed by atoms with Gasteiger partial charge in [-0.05, 0) is 36.4 Å². The predicted molar refractivity (Wildman–Crippen MR) is 118 cm³/mol. The van der Waals surface area contributed by atoms with Crippen LogP contribution in [-0.4, -0.2) is 34.2 Å². The van der Waals surface area contributed by atoms with E-state index in [1.54, 1.807) is 12.1 Å². The zero-order valence-corrected chi connectivity index (χ0v) is 17.7. The van der Waals surface area contributed by atoms with Crippen molar-refractivity contribution in [3.05, 3.63) is 94.0 Å². The molecule has 3 aromatic carbocycles. The molecule has 3 aromatic rings. The number of carbonyl (C=O) groups is 1. The zero-order chi connectivity index (χ0) is 20.8. The molecule has 148 valence electrons. The number of fused-ring (bicyclic) bond motifs is 1. The van der Waals surface area contributed by atoms with Crippen LogP contribution in [0.2, 0.25) is 5.02 Å². The molecular formula is C24H23ClN2O2. The third-order valence-electron chi connectivity index (χ3n) is 5.41. The lowest BCUT2D eigenvalue weighted by Gasteiger charge is -2.31. The van der Waals surface area contributed by atoms with E-state index in [9.17, 15) is 4.79 Å². The van der Waals surface area contributed by atoms with Gasteiger partial charge in [0.15, 0.2) is 5.60 Å². The van der Waals surface area contributed by atoms with Gasteiger partial charge in [-0.3, -0.25) is 0 Å². The number of anilines is 2. The monoisotopic (exact) mass is 406 g/mol. The molecular weight excluding hydrogens is 384 g/mol. The Morgan fingerprint density at radius 1 is 0.759 bits per heavy atom. The van der Waals surface area contributed by atoms with Gasteiger partial charge in [0.05, 0.1) is 5.56 Å². The van der Waals surface area contributed by atoms with Gasteiger partial charge < -0.3 is 14.5 Å². The minimum atomic E-state index is -1.01. The van der Waals surface area contributed by atoms with E-state index in [2.05, 4.69) is 0 Å². The number of ether oxygens (including phenoxy) is 1. The lowest BCUT2D eigenvalue weighted by atomic mass is 9.80. The van der Waals surface area contributed by atoms with Crippen molar-refractivity contribution < 1.29 is 9.53 Å². The Kier molecular flexibility index (Phi) is 4.75. The highest BCUT2D eigenvalue weighted by atomic mass is 35.5. The average Bonchev–Trinajstić information content (AvgIpc) is 3.01. The first-order valence-electron chi connectivity index (χ1n) is 9.42. The summed E-state index contributed by atoms with van der Waals surface area (Å²) in [6, 6.07) is 21.6.